The molecule has 10 aromatic carbocycles. The largest absolute Gasteiger partial charge is 0.456 e. The van der Waals surface area contributed by atoms with Crippen molar-refractivity contribution in [1.29, 1.82) is 0 Å². The van der Waals surface area contributed by atoms with E-state index in [2.05, 4.69) is 254 Å². The van der Waals surface area contributed by atoms with Crippen molar-refractivity contribution in [1.82, 2.24) is 0 Å². The molecule has 0 amide bonds. The highest BCUT2D eigenvalue weighted by Gasteiger charge is 2.51. The molecule has 0 aromatic heterocycles. The molecule has 10 aromatic rings. The second-order valence-corrected chi connectivity index (χ2v) is 16.4. The Morgan fingerprint density at radius 3 is 1.37 bits per heavy atom. The lowest BCUT2D eigenvalue weighted by Gasteiger charge is -2.40. The van der Waals surface area contributed by atoms with Gasteiger partial charge in [-0.15, -0.1) is 0 Å². The third kappa shape index (κ3) is 5.95. The quantitative estimate of drug-likeness (QED) is 0.159. The first kappa shape index (κ1) is 36.6. The van der Waals surface area contributed by atoms with E-state index in [0.717, 1.165) is 67.5 Å². The van der Waals surface area contributed by atoms with Crippen LogP contribution in [0.15, 0.2) is 249 Å². The SMILES string of the molecule is c1ccc(-c2cc(-c3ccccc3)cc(N(c3ccc(-c4cccc5c4Oc4ccccc4C54c5ccccc5-c5ccccc54)cc3)c3ccccc3-c3ccccc3)c2)cc1. The third-order valence-electron chi connectivity index (χ3n) is 12.9. The molecule has 0 saturated heterocycles. The summed E-state index contributed by atoms with van der Waals surface area (Å²) in [4.78, 5) is 2.42. The molecule has 0 atom stereocenters. The molecule has 0 bridgehead atoms. The fourth-order valence-corrected chi connectivity index (χ4v) is 10.2. The van der Waals surface area contributed by atoms with Crippen molar-refractivity contribution >= 4 is 17.1 Å². The van der Waals surface area contributed by atoms with Gasteiger partial charge in [-0.3, -0.25) is 0 Å². The van der Waals surface area contributed by atoms with E-state index in [-0.39, 0.29) is 0 Å². The van der Waals surface area contributed by atoms with Crippen molar-refractivity contribution in [3.63, 3.8) is 0 Å². The number of para-hydroxylation sites is 3. The highest BCUT2D eigenvalue weighted by atomic mass is 16.5. The van der Waals surface area contributed by atoms with E-state index >= 15 is 0 Å². The van der Waals surface area contributed by atoms with Crippen LogP contribution < -0.4 is 9.64 Å². The van der Waals surface area contributed by atoms with Gasteiger partial charge in [0.15, 0.2) is 0 Å². The van der Waals surface area contributed by atoms with E-state index < -0.39 is 5.41 Å². The molecule has 296 valence electrons. The second-order valence-electron chi connectivity index (χ2n) is 16.4. The molecule has 1 spiro atoms. The maximum absolute atomic E-state index is 7.06. The lowest BCUT2D eigenvalue weighted by atomic mass is 9.65. The van der Waals surface area contributed by atoms with Gasteiger partial charge in [0.25, 0.3) is 0 Å². The summed E-state index contributed by atoms with van der Waals surface area (Å²) in [6.45, 7) is 0. The van der Waals surface area contributed by atoms with Crippen LogP contribution in [0.1, 0.15) is 22.3 Å². The number of rotatable bonds is 7. The van der Waals surface area contributed by atoms with Crippen molar-refractivity contribution in [3.05, 3.63) is 271 Å². The number of nitrogens with zero attached hydrogens (tertiary/aromatic N) is 1. The number of anilines is 3. The van der Waals surface area contributed by atoms with Crippen molar-refractivity contribution in [3.8, 4) is 67.1 Å². The van der Waals surface area contributed by atoms with Gasteiger partial charge < -0.3 is 9.64 Å². The molecule has 2 heteroatoms. The zero-order valence-electron chi connectivity index (χ0n) is 34.5. The minimum absolute atomic E-state index is 0.522. The fourth-order valence-electron chi connectivity index (χ4n) is 10.2. The minimum atomic E-state index is -0.522. The molecular weight excluding hydrogens is 763 g/mol. The molecule has 0 fully saturated rings. The van der Waals surface area contributed by atoms with Crippen LogP contribution in [0.5, 0.6) is 11.5 Å². The normalized spacial score (nSPS) is 12.7. The predicted molar refractivity (Wildman–Crippen MR) is 260 cm³/mol. The highest BCUT2D eigenvalue weighted by molar-refractivity contribution is 5.93. The second kappa shape index (κ2) is 15.1. The number of ether oxygens (including phenoxy) is 1. The Hall–Kier alpha value is -8.20. The average molecular weight is 804 g/mol. The molecular formula is C61H41NO. The summed E-state index contributed by atoms with van der Waals surface area (Å²) in [7, 11) is 0. The molecule has 0 unspecified atom stereocenters. The van der Waals surface area contributed by atoms with Gasteiger partial charge in [0, 0.05) is 33.6 Å². The fraction of sp³-hybridized carbons (Fsp3) is 0.0164. The Labute approximate surface area is 368 Å². The van der Waals surface area contributed by atoms with Crippen molar-refractivity contribution in [2.45, 2.75) is 5.41 Å². The third-order valence-corrected chi connectivity index (χ3v) is 12.9. The number of hydrogen-bond acceptors (Lipinski definition) is 2. The molecule has 1 aliphatic heterocycles. The number of benzene rings is 10. The van der Waals surface area contributed by atoms with Gasteiger partial charge >= 0.3 is 0 Å². The van der Waals surface area contributed by atoms with E-state index in [1.54, 1.807) is 0 Å². The van der Waals surface area contributed by atoms with Crippen molar-refractivity contribution in [2.75, 3.05) is 4.90 Å². The van der Waals surface area contributed by atoms with Gasteiger partial charge in [-0.1, -0.05) is 206 Å². The standard InChI is InChI=1S/C61H41NO/c1-4-19-42(20-5-1)46-39-47(43-21-6-2-7-22-43)41-49(40-46)62(58-33-16-12-25-50(58)44-23-8-3-9-24-44)48-37-35-45(36-38-48)51-28-18-32-57-60(51)63-59-34-17-15-31-56(59)61(57)54-29-13-10-26-52(54)53-27-11-14-30-55(53)61/h1-41H. The predicted octanol–water partition coefficient (Wildman–Crippen LogP) is 16.3. The molecule has 63 heavy (non-hydrogen) atoms. The van der Waals surface area contributed by atoms with Crippen LogP contribution in [-0.4, -0.2) is 0 Å². The van der Waals surface area contributed by atoms with Gasteiger partial charge in [-0.2, -0.15) is 0 Å². The lowest BCUT2D eigenvalue weighted by Crippen LogP contribution is -2.32. The number of hydrogen-bond donors (Lipinski definition) is 0. The van der Waals surface area contributed by atoms with E-state index in [4.69, 9.17) is 4.74 Å². The summed E-state index contributed by atoms with van der Waals surface area (Å²) in [6, 6.07) is 89.9. The smallest absolute Gasteiger partial charge is 0.140 e. The number of fused-ring (bicyclic) bond motifs is 9. The molecule has 12 rings (SSSR count). The molecule has 1 heterocycles. The van der Waals surface area contributed by atoms with Crippen LogP contribution >= 0.6 is 0 Å². The topological polar surface area (TPSA) is 12.5 Å². The molecule has 2 aliphatic rings. The Balaban J connectivity index is 1.05. The van der Waals surface area contributed by atoms with Gasteiger partial charge in [-0.05, 0) is 98.1 Å². The molecule has 0 saturated carbocycles. The van der Waals surface area contributed by atoms with E-state index in [1.165, 1.54) is 38.9 Å². The summed E-state index contributed by atoms with van der Waals surface area (Å²) in [5, 5.41) is 0. The summed E-state index contributed by atoms with van der Waals surface area (Å²) in [5.74, 6) is 1.78. The van der Waals surface area contributed by atoms with Gasteiger partial charge in [0.2, 0.25) is 0 Å². The van der Waals surface area contributed by atoms with Crippen LogP contribution in [-0.2, 0) is 5.41 Å². The molecule has 0 radical (unpaired) electrons. The zero-order valence-corrected chi connectivity index (χ0v) is 34.5. The summed E-state index contributed by atoms with van der Waals surface area (Å²) >= 11 is 0. The first-order valence-electron chi connectivity index (χ1n) is 21.7. The van der Waals surface area contributed by atoms with Crippen LogP contribution in [0.4, 0.5) is 17.1 Å². The Morgan fingerprint density at radius 1 is 0.286 bits per heavy atom. The van der Waals surface area contributed by atoms with Crippen molar-refractivity contribution < 1.29 is 4.74 Å². The Kier molecular flexibility index (Phi) is 8.76. The first-order chi connectivity index (χ1) is 31.3. The monoisotopic (exact) mass is 803 g/mol. The van der Waals surface area contributed by atoms with Crippen LogP contribution in [0.2, 0.25) is 0 Å². The Bertz CT molecular complexity index is 3200. The van der Waals surface area contributed by atoms with E-state index in [9.17, 15) is 0 Å². The van der Waals surface area contributed by atoms with Crippen molar-refractivity contribution in [2.24, 2.45) is 0 Å². The van der Waals surface area contributed by atoms with Gasteiger partial charge in [0.1, 0.15) is 11.5 Å². The minimum Gasteiger partial charge on any atom is -0.456 e. The van der Waals surface area contributed by atoms with Gasteiger partial charge in [0.05, 0.1) is 11.1 Å². The molecule has 0 N–H and O–H groups in total. The zero-order chi connectivity index (χ0) is 41.7. The molecule has 1 aliphatic carbocycles. The Morgan fingerprint density at radius 2 is 0.746 bits per heavy atom. The summed E-state index contributed by atoms with van der Waals surface area (Å²) < 4.78 is 7.06. The maximum Gasteiger partial charge on any atom is 0.140 e. The average Bonchev–Trinajstić information content (AvgIpc) is 3.65. The van der Waals surface area contributed by atoms with E-state index in [0.29, 0.717) is 0 Å². The van der Waals surface area contributed by atoms with Crippen LogP contribution in [0, 0.1) is 0 Å². The first-order valence-corrected chi connectivity index (χ1v) is 21.7. The van der Waals surface area contributed by atoms with Crippen LogP contribution in [0.25, 0.3) is 55.6 Å². The van der Waals surface area contributed by atoms with E-state index in [1.807, 2.05) is 0 Å². The van der Waals surface area contributed by atoms with Gasteiger partial charge in [-0.25, -0.2) is 0 Å². The highest BCUT2D eigenvalue weighted by Crippen LogP contribution is 2.63. The maximum atomic E-state index is 7.06. The molecule has 2 nitrogen and oxygen atoms in total. The summed E-state index contributed by atoms with van der Waals surface area (Å²) in [6.07, 6.45) is 0. The lowest BCUT2D eigenvalue weighted by molar-refractivity contribution is 0.438. The van der Waals surface area contributed by atoms with Crippen LogP contribution in [0.3, 0.4) is 0 Å². The summed E-state index contributed by atoms with van der Waals surface area (Å²) in [5.41, 5.74) is 19.3.